The van der Waals surface area contributed by atoms with Gasteiger partial charge in [-0.25, -0.2) is 8.42 Å². The summed E-state index contributed by atoms with van der Waals surface area (Å²) in [5.41, 5.74) is 5.64. The fraction of sp³-hybridized carbons (Fsp3) is 0.900. The maximum absolute atomic E-state index is 11.4. The van der Waals surface area contributed by atoms with Crippen LogP contribution >= 0.6 is 0 Å². The van der Waals surface area contributed by atoms with E-state index in [-0.39, 0.29) is 29.5 Å². The van der Waals surface area contributed by atoms with E-state index in [4.69, 9.17) is 5.73 Å². The number of amides is 1. The summed E-state index contributed by atoms with van der Waals surface area (Å²) in [6.07, 6.45) is 0.934. The number of likely N-dealkylation sites (N-methyl/N-ethyl adjacent to an activating group) is 1. The van der Waals surface area contributed by atoms with Gasteiger partial charge < -0.3 is 11.1 Å². The van der Waals surface area contributed by atoms with Gasteiger partial charge >= 0.3 is 0 Å². The minimum Gasteiger partial charge on any atom is -0.359 e. The SMILES string of the molecule is CNC(=O)CC(CN)N(C)C1CCS(=O)(=O)C1. The molecule has 0 bridgehead atoms. The molecule has 2 atom stereocenters. The normalized spacial score (nSPS) is 24.8. The van der Waals surface area contributed by atoms with Crippen LogP contribution in [-0.4, -0.2) is 63.5 Å². The number of hydrogen-bond acceptors (Lipinski definition) is 5. The number of nitrogens with zero attached hydrogens (tertiary/aromatic N) is 1. The minimum atomic E-state index is -2.90. The van der Waals surface area contributed by atoms with Gasteiger partial charge in [-0.2, -0.15) is 0 Å². The van der Waals surface area contributed by atoms with Crippen molar-refractivity contribution in [2.24, 2.45) is 5.73 Å². The summed E-state index contributed by atoms with van der Waals surface area (Å²) in [7, 11) is 0.519. The molecule has 1 saturated heterocycles. The van der Waals surface area contributed by atoms with Crippen molar-refractivity contribution in [1.29, 1.82) is 0 Å². The fourth-order valence-corrected chi connectivity index (χ4v) is 3.89. The Hall–Kier alpha value is -0.660. The third-order valence-corrected chi connectivity index (χ3v) is 5.08. The molecule has 2 unspecified atom stereocenters. The molecule has 0 aromatic heterocycles. The van der Waals surface area contributed by atoms with E-state index in [9.17, 15) is 13.2 Å². The van der Waals surface area contributed by atoms with E-state index in [1.54, 1.807) is 7.05 Å². The second-order valence-electron chi connectivity index (χ2n) is 4.49. The molecule has 100 valence electrons. The molecule has 1 heterocycles. The molecule has 3 N–H and O–H groups in total. The predicted molar refractivity (Wildman–Crippen MR) is 66.3 cm³/mol. The van der Waals surface area contributed by atoms with Gasteiger partial charge in [0.05, 0.1) is 11.5 Å². The summed E-state index contributed by atoms with van der Waals surface area (Å²) in [4.78, 5) is 13.2. The molecule has 7 heteroatoms. The third kappa shape index (κ3) is 3.93. The van der Waals surface area contributed by atoms with Crippen LogP contribution in [-0.2, 0) is 14.6 Å². The van der Waals surface area contributed by atoms with Crippen LogP contribution in [0.4, 0.5) is 0 Å². The van der Waals surface area contributed by atoms with Crippen molar-refractivity contribution in [3.63, 3.8) is 0 Å². The van der Waals surface area contributed by atoms with Crippen LogP contribution in [0.15, 0.2) is 0 Å². The number of rotatable bonds is 5. The molecule has 0 spiro atoms. The molecule has 0 aliphatic carbocycles. The summed E-state index contributed by atoms with van der Waals surface area (Å²) >= 11 is 0. The summed E-state index contributed by atoms with van der Waals surface area (Å²) in [5, 5.41) is 2.55. The Kier molecular flexibility index (Phi) is 4.91. The molecule has 0 aromatic carbocycles. The molecular formula is C10H21N3O3S. The monoisotopic (exact) mass is 263 g/mol. The second-order valence-corrected chi connectivity index (χ2v) is 6.72. The van der Waals surface area contributed by atoms with Crippen LogP contribution in [0.2, 0.25) is 0 Å². The van der Waals surface area contributed by atoms with Crippen LogP contribution in [0.5, 0.6) is 0 Å². The Labute approximate surface area is 102 Å². The highest BCUT2D eigenvalue weighted by Crippen LogP contribution is 2.19. The van der Waals surface area contributed by atoms with Crippen molar-refractivity contribution in [3.8, 4) is 0 Å². The van der Waals surface area contributed by atoms with Gasteiger partial charge in [0.15, 0.2) is 9.84 Å². The first-order chi connectivity index (χ1) is 7.89. The van der Waals surface area contributed by atoms with Gasteiger partial charge in [-0.1, -0.05) is 0 Å². The van der Waals surface area contributed by atoms with Crippen molar-refractivity contribution < 1.29 is 13.2 Å². The van der Waals surface area contributed by atoms with Crippen LogP contribution in [0.3, 0.4) is 0 Å². The highest BCUT2D eigenvalue weighted by atomic mass is 32.2. The first kappa shape index (κ1) is 14.4. The third-order valence-electron chi connectivity index (χ3n) is 3.33. The second kappa shape index (κ2) is 5.79. The van der Waals surface area contributed by atoms with E-state index in [1.165, 1.54) is 0 Å². The molecule has 1 aliphatic rings. The molecule has 6 nitrogen and oxygen atoms in total. The van der Waals surface area contributed by atoms with Gasteiger partial charge in [-0.15, -0.1) is 0 Å². The van der Waals surface area contributed by atoms with Gasteiger partial charge in [0.1, 0.15) is 0 Å². The van der Waals surface area contributed by atoms with Gasteiger partial charge in [0, 0.05) is 32.1 Å². The number of nitrogens with one attached hydrogen (secondary N) is 1. The minimum absolute atomic E-state index is 0.0155. The van der Waals surface area contributed by atoms with Crippen molar-refractivity contribution in [2.75, 3.05) is 32.1 Å². The van der Waals surface area contributed by atoms with E-state index in [0.717, 1.165) is 0 Å². The Bertz CT molecular complexity index is 369. The number of hydrogen-bond donors (Lipinski definition) is 2. The summed E-state index contributed by atoms with van der Waals surface area (Å²) in [6, 6.07) is -0.119. The first-order valence-corrected chi connectivity index (χ1v) is 7.54. The molecule has 0 radical (unpaired) electrons. The Morgan fingerprint density at radius 2 is 2.24 bits per heavy atom. The quantitative estimate of drug-likeness (QED) is 0.634. The number of nitrogens with two attached hydrogens (primary N) is 1. The Morgan fingerprint density at radius 3 is 2.65 bits per heavy atom. The zero-order valence-electron chi connectivity index (χ0n) is 10.3. The maximum atomic E-state index is 11.4. The summed E-state index contributed by atoms with van der Waals surface area (Å²) in [6.45, 7) is 0.348. The predicted octanol–water partition coefficient (Wildman–Crippen LogP) is -1.43. The number of sulfone groups is 1. The van der Waals surface area contributed by atoms with Gasteiger partial charge in [0.2, 0.25) is 5.91 Å². The topological polar surface area (TPSA) is 92.5 Å². The maximum Gasteiger partial charge on any atom is 0.221 e. The van der Waals surface area contributed by atoms with Gasteiger partial charge in [-0.05, 0) is 13.5 Å². The molecule has 17 heavy (non-hydrogen) atoms. The van der Waals surface area contributed by atoms with E-state index in [1.807, 2.05) is 11.9 Å². The Balaban J connectivity index is 2.61. The van der Waals surface area contributed by atoms with Crippen LogP contribution in [0.25, 0.3) is 0 Å². The number of carbonyl (C=O) groups is 1. The molecular weight excluding hydrogens is 242 g/mol. The Morgan fingerprint density at radius 1 is 1.59 bits per heavy atom. The standard InChI is InChI=1S/C10H21N3O3S/c1-12-10(14)5-9(6-11)13(2)8-3-4-17(15,16)7-8/h8-9H,3-7,11H2,1-2H3,(H,12,14). The largest absolute Gasteiger partial charge is 0.359 e. The van der Waals surface area contributed by atoms with Crippen LogP contribution in [0.1, 0.15) is 12.8 Å². The van der Waals surface area contributed by atoms with Crippen LogP contribution < -0.4 is 11.1 Å². The number of carbonyl (C=O) groups excluding carboxylic acids is 1. The van der Waals surface area contributed by atoms with E-state index in [2.05, 4.69) is 5.32 Å². The van der Waals surface area contributed by atoms with Crippen molar-refractivity contribution in [3.05, 3.63) is 0 Å². The molecule has 1 fully saturated rings. The van der Waals surface area contributed by atoms with Crippen LogP contribution in [0, 0.1) is 0 Å². The average molecular weight is 263 g/mol. The van der Waals surface area contributed by atoms with Gasteiger partial charge in [0.25, 0.3) is 0 Å². The van der Waals surface area contributed by atoms with Crippen molar-refractivity contribution in [1.82, 2.24) is 10.2 Å². The lowest BCUT2D eigenvalue weighted by Crippen LogP contribution is -2.47. The highest BCUT2D eigenvalue weighted by Gasteiger charge is 2.33. The zero-order valence-corrected chi connectivity index (χ0v) is 11.2. The summed E-state index contributed by atoms with van der Waals surface area (Å²) in [5.74, 6) is 0.334. The molecule has 0 aromatic rings. The van der Waals surface area contributed by atoms with Crippen molar-refractivity contribution >= 4 is 15.7 Å². The molecule has 0 saturated carbocycles. The average Bonchev–Trinajstić information content (AvgIpc) is 2.65. The fourth-order valence-electron chi connectivity index (χ4n) is 2.10. The van der Waals surface area contributed by atoms with E-state index >= 15 is 0 Å². The molecule has 1 rings (SSSR count). The lowest BCUT2D eigenvalue weighted by Gasteiger charge is -2.31. The lowest BCUT2D eigenvalue weighted by molar-refractivity contribution is -0.121. The molecule has 1 amide bonds. The smallest absolute Gasteiger partial charge is 0.221 e. The van der Waals surface area contributed by atoms with Gasteiger partial charge in [-0.3, -0.25) is 9.69 Å². The summed E-state index contributed by atoms with van der Waals surface area (Å²) < 4.78 is 22.8. The van der Waals surface area contributed by atoms with E-state index in [0.29, 0.717) is 19.4 Å². The lowest BCUT2D eigenvalue weighted by atomic mass is 10.1. The highest BCUT2D eigenvalue weighted by molar-refractivity contribution is 7.91. The van der Waals surface area contributed by atoms with E-state index < -0.39 is 9.84 Å². The van der Waals surface area contributed by atoms with Crippen molar-refractivity contribution in [2.45, 2.75) is 24.9 Å². The first-order valence-electron chi connectivity index (χ1n) is 5.72. The zero-order chi connectivity index (χ0) is 13.1. The molecule has 1 aliphatic heterocycles.